The van der Waals surface area contributed by atoms with E-state index >= 15 is 0 Å². The summed E-state index contributed by atoms with van der Waals surface area (Å²) in [4.78, 5) is 28.5. The molecule has 0 aromatic heterocycles. The lowest BCUT2D eigenvalue weighted by Gasteiger charge is -2.32. The fourth-order valence-corrected chi connectivity index (χ4v) is 3.80. The predicted molar refractivity (Wildman–Crippen MR) is 125 cm³/mol. The van der Waals surface area contributed by atoms with Crippen LogP contribution < -0.4 is 4.90 Å². The molecule has 1 fully saturated rings. The molecule has 0 saturated carbocycles. The molecule has 1 amide bonds. The van der Waals surface area contributed by atoms with E-state index in [0.717, 1.165) is 30.5 Å². The van der Waals surface area contributed by atoms with Gasteiger partial charge in [0, 0.05) is 32.9 Å². The van der Waals surface area contributed by atoms with Crippen LogP contribution in [0.25, 0.3) is 6.08 Å². The average molecular weight is 432 g/mol. The zero-order valence-electron chi connectivity index (χ0n) is 18.7. The number of amides is 1. The summed E-state index contributed by atoms with van der Waals surface area (Å²) in [6.07, 6.45) is 4.35. The Kier molecular flexibility index (Phi) is 8.04. The molecular formula is C26H29N3O3. The third kappa shape index (κ3) is 6.45. The molecule has 6 heteroatoms. The minimum Gasteiger partial charge on any atom is -0.451 e. The number of anilines is 1. The van der Waals surface area contributed by atoms with Crippen LogP contribution >= 0.6 is 0 Å². The van der Waals surface area contributed by atoms with Gasteiger partial charge in [-0.1, -0.05) is 42.5 Å². The number of esters is 1. The molecule has 1 saturated heterocycles. The standard InChI is InChI=1S/C26H29N3O3/c1-28(2)24-10-8-21(9-11-24)17-23(18-27)26(31)32-19-25(30)29-14-12-22(13-15-29)16-20-6-4-3-5-7-20/h3-11,17,22H,12-16,19H2,1-2H3/b23-17+. The first-order valence-electron chi connectivity index (χ1n) is 10.8. The van der Waals surface area contributed by atoms with Gasteiger partial charge in [-0.15, -0.1) is 0 Å². The largest absolute Gasteiger partial charge is 0.451 e. The summed E-state index contributed by atoms with van der Waals surface area (Å²) < 4.78 is 5.14. The SMILES string of the molecule is CN(C)c1ccc(/C=C(\C#N)C(=O)OCC(=O)N2CCC(Cc3ccccc3)CC2)cc1. The molecule has 0 spiro atoms. The van der Waals surface area contributed by atoms with E-state index in [1.807, 2.05) is 67.5 Å². The molecular weight excluding hydrogens is 402 g/mol. The van der Waals surface area contributed by atoms with Crippen LogP contribution in [0.3, 0.4) is 0 Å². The Morgan fingerprint density at radius 3 is 2.34 bits per heavy atom. The van der Waals surface area contributed by atoms with Crippen molar-refractivity contribution in [1.82, 2.24) is 4.90 Å². The molecule has 0 atom stereocenters. The van der Waals surface area contributed by atoms with Gasteiger partial charge in [0.1, 0.15) is 11.6 Å². The van der Waals surface area contributed by atoms with Crippen LogP contribution in [0.4, 0.5) is 5.69 Å². The summed E-state index contributed by atoms with van der Waals surface area (Å²) in [5, 5.41) is 9.34. The number of rotatable bonds is 7. The number of ether oxygens (including phenoxy) is 1. The Morgan fingerprint density at radius 1 is 1.09 bits per heavy atom. The van der Waals surface area contributed by atoms with Crippen LogP contribution in [0, 0.1) is 17.2 Å². The van der Waals surface area contributed by atoms with E-state index in [1.54, 1.807) is 4.90 Å². The van der Waals surface area contributed by atoms with Crippen molar-refractivity contribution in [3.63, 3.8) is 0 Å². The molecule has 1 aliphatic rings. The van der Waals surface area contributed by atoms with Crippen LogP contribution in [0.1, 0.15) is 24.0 Å². The number of carbonyl (C=O) groups is 2. The predicted octanol–water partition coefficient (Wildman–Crippen LogP) is 3.68. The molecule has 2 aromatic rings. The molecule has 0 bridgehead atoms. The first-order chi connectivity index (χ1) is 15.5. The highest BCUT2D eigenvalue weighted by Gasteiger charge is 2.24. The Hall–Kier alpha value is -3.59. The Balaban J connectivity index is 1.47. The van der Waals surface area contributed by atoms with E-state index in [2.05, 4.69) is 12.1 Å². The molecule has 3 rings (SSSR count). The van der Waals surface area contributed by atoms with Crippen molar-refractivity contribution in [3.8, 4) is 6.07 Å². The first-order valence-corrected chi connectivity index (χ1v) is 10.8. The van der Waals surface area contributed by atoms with Crippen molar-refractivity contribution in [2.75, 3.05) is 38.7 Å². The summed E-state index contributed by atoms with van der Waals surface area (Å²) in [6, 6.07) is 19.7. The molecule has 32 heavy (non-hydrogen) atoms. The molecule has 2 aromatic carbocycles. The summed E-state index contributed by atoms with van der Waals surface area (Å²) in [5.41, 5.74) is 2.92. The highest BCUT2D eigenvalue weighted by Crippen LogP contribution is 2.22. The molecule has 1 aliphatic heterocycles. The maximum absolute atomic E-state index is 12.5. The number of nitriles is 1. The monoisotopic (exact) mass is 431 g/mol. The average Bonchev–Trinajstić information content (AvgIpc) is 2.82. The molecule has 0 N–H and O–H groups in total. The Labute approximate surface area is 189 Å². The number of likely N-dealkylation sites (tertiary alicyclic amines) is 1. The minimum atomic E-state index is -0.781. The van der Waals surface area contributed by atoms with Crippen molar-refractivity contribution in [3.05, 3.63) is 71.3 Å². The second-order valence-electron chi connectivity index (χ2n) is 8.25. The highest BCUT2D eigenvalue weighted by atomic mass is 16.5. The van der Waals surface area contributed by atoms with Gasteiger partial charge in [-0.25, -0.2) is 4.79 Å². The van der Waals surface area contributed by atoms with E-state index < -0.39 is 5.97 Å². The lowest BCUT2D eigenvalue weighted by atomic mass is 9.90. The molecule has 6 nitrogen and oxygen atoms in total. The van der Waals surface area contributed by atoms with E-state index in [-0.39, 0.29) is 18.1 Å². The number of carbonyl (C=O) groups excluding carboxylic acids is 2. The van der Waals surface area contributed by atoms with E-state index in [4.69, 9.17) is 4.74 Å². The van der Waals surface area contributed by atoms with Crippen molar-refractivity contribution in [2.24, 2.45) is 5.92 Å². The molecule has 1 heterocycles. The number of nitrogens with zero attached hydrogens (tertiary/aromatic N) is 3. The fraction of sp³-hybridized carbons (Fsp3) is 0.346. The molecule has 0 aliphatic carbocycles. The highest BCUT2D eigenvalue weighted by molar-refractivity contribution is 5.98. The van der Waals surface area contributed by atoms with Crippen molar-refractivity contribution < 1.29 is 14.3 Å². The smallest absolute Gasteiger partial charge is 0.349 e. The van der Waals surface area contributed by atoms with Gasteiger partial charge in [-0.05, 0) is 54.5 Å². The molecule has 0 radical (unpaired) electrons. The van der Waals surface area contributed by atoms with Crippen LogP contribution in [0.15, 0.2) is 60.2 Å². The molecule has 0 unspecified atom stereocenters. The lowest BCUT2D eigenvalue weighted by Crippen LogP contribution is -2.41. The first kappa shape index (κ1) is 23.1. The topological polar surface area (TPSA) is 73.6 Å². The second kappa shape index (κ2) is 11.1. The van der Waals surface area contributed by atoms with Crippen molar-refractivity contribution in [2.45, 2.75) is 19.3 Å². The maximum atomic E-state index is 12.5. The lowest BCUT2D eigenvalue weighted by molar-refractivity contribution is -0.149. The summed E-state index contributed by atoms with van der Waals surface area (Å²) >= 11 is 0. The summed E-state index contributed by atoms with van der Waals surface area (Å²) in [5.74, 6) is -0.448. The quantitative estimate of drug-likeness (QED) is 0.380. The van der Waals surface area contributed by atoms with Gasteiger partial charge < -0.3 is 14.5 Å². The fourth-order valence-electron chi connectivity index (χ4n) is 3.80. The van der Waals surface area contributed by atoms with E-state index in [9.17, 15) is 14.9 Å². The van der Waals surface area contributed by atoms with Crippen LogP contribution in [0.5, 0.6) is 0 Å². The van der Waals surface area contributed by atoms with Gasteiger partial charge in [0.15, 0.2) is 6.61 Å². The third-order valence-electron chi connectivity index (χ3n) is 5.72. The number of piperidine rings is 1. The number of hydrogen-bond acceptors (Lipinski definition) is 5. The van der Waals surface area contributed by atoms with Gasteiger partial charge in [-0.2, -0.15) is 5.26 Å². The second-order valence-corrected chi connectivity index (χ2v) is 8.25. The van der Waals surface area contributed by atoms with E-state index in [1.165, 1.54) is 11.6 Å². The van der Waals surface area contributed by atoms with E-state index in [0.29, 0.717) is 19.0 Å². The third-order valence-corrected chi connectivity index (χ3v) is 5.72. The van der Waals surface area contributed by atoms with Crippen molar-refractivity contribution >= 4 is 23.6 Å². The maximum Gasteiger partial charge on any atom is 0.349 e. The minimum absolute atomic E-state index is 0.128. The zero-order valence-corrected chi connectivity index (χ0v) is 18.7. The normalized spacial score (nSPS) is 14.5. The van der Waals surface area contributed by atoms with Gasteiger partial charge in [0.2, 0.25) is 0 Å². The summed E-state index contributed by atoms with van der Waals surface area (Å²) in [7, 11) is 3.87. The van der Waals surface area contributed by atoms with Gasteiger partial charge in [-0.3, -0.25) is 4.79 Å². The Bertz CT molecular complexity index is 983. The van der Waals surface area contributed by atoms with Gasteiger partial charge >= 0.3 is 5.97 Å². The van der Waals surface area contributed by atoms with Crippen LogP contribution in [-0.2, 0) is 20.7 Å². The van der Waals surface area contributed by atoms with Crippen LogP contribution in [0.2, 0.25) is 0 Å². The van der Waals surface area contributed by atoms with Crippen LogP contribution in [-0.4, -0.2) is 50.6 Å². The number of hydrogen-bond donors (Lipinski definition) is 0. The zero-order chi connectivity index (χ0) is 22.9. The van der Waals surface area contributed by atoms with Gasteiger partial charge in [0.05, 0.1) is 0 Å². The summed E-state index contributed by atoms with van der Waals surface area (Å²) in [6.45, 7) is 0.973. The van der Waals surface area contributed by atoms with Crippen molar-refractivity contribution in [1.29, 1.82) is 5.26 Å². The molecule has 166 valence electrons. The Morgan fingerprint density at radius 2 is 1.75 bits per heavy atom. The number of benzene rings is 2. The van der Waals surface area contributed by atoms with Gasteiger partial charge in [0.25, 0.3) is 5.91 Å².